The number of anilines is 1. The lowest BCUT2D eigenvalue weighted by molar-refractivity contribution is 0.565. The largest absolute Gasteiger partial charge is 0.351 e. The van der Waals surface area contributed by atoms with E-state index in [1.807, 2.05) is 18.3 Å². The van der Waals surface area contributed by atoms with Crippen LogP contribution in [0.15, 0.2) is 66.9 Å². The number of pyridine rings is 1. The zero-order valence-corrected chi connectivity index (χ0v) is 23.6. The number of aromatic nitrogens is 2. The Morgan fingerprint density at radius 3 is 2.16 bits per heavy atom. The molecule has 1 aliphatic rings. The molecule has 0 spiro atoms. The van der Waals surface area contributed by atoms with Gasteiger partial charge >= 0.3 is 0 Å². The van der Waals surface area contributed by atoms with Crippen molar-refractivity contribution in [1.82, 2.24) is 14.9 Å². The Morgan fingerprint density at radius 2 is 1.57 bits per heavy atom. The number of hydrogen-bond acceptors (Lipinski definition) is 2. The first-order valence-corrected chi connectivity index (χ1v) is 13.5. The zero-order valence-electron chi connectivity index (χ0n) is 22.8. The molecule has 37 heavy (non-hydrogen) atoms. The summed E-state index contributed by atoms with van der Waals surface area (Å²) in [4.78, 5) is 7.01. The zero-order chi connectivity index (χ0) is 26.4. The van der Waals surface area contributed by atoms with Gasteiger partial charge in [-0.3, -0.25) is 4.98 Å². The van der Waals surface area contributed by atoms with Gasteiger partial charge in [-0.05, 0) is 105 Å². The maximum Gasteiger partial charge on any atom is 0.174 e. The van der Waals surface area contributed by atoms with Gasteiger partial charge < -0.3 is 14.8 Å². The van der Waals surface area contributed by atoms with E-state index in [4.69, 9.17) is 17.2 Å². The van der Waals surface area contributed by atoms with Gasteiger partial charge in [-0.15, -0.1) is 0 Å². The molecule has 2 aromatic heterocycles. The molecule has 5 rings (SSSR count). The number of rotatable bonds is 5. The predicted octanol–water partition coefficient (Wildman–Crippen LogP) is 7.71. The summed E-state index contributed by atoms with van der Waals surface area (Å²) < 4.78 is 2.41. The minimum Gasteiger partial charge on any atom is -0.351 e. The first kappa shape index (κ1) is 25.2. The van der Waals surface area contributed by atoms with Crippen molar-refractivity contribution in [2.24, 2.45) is 0 Å². The molecule has 190 valence electrons. The molecule has 1 aliphatic heterocycles. The van der Waals surface area contributed by atoms with Crippen molar-refractivity contribution in [3.63, 3.8) is 0 Å². The molecule has 1 fully saturated rings. The normalized spacial score (nSPS) is 17.5. The Balaban J connectivity index is 1.69. The third-order valence-electron chi connectivity index (χ3n) is 7.58. The Kier molecular flexibility index (Phi) is 6.67. The smallest absolute Gasteiger partial charge is 0.174 e. The third-order valence-corrected chi connectivity index (χ3v) is 7.90. The van der Waals surface area contributed by atoms with E-state index in [0.717, 1.165) is 16.5 Å². The summed E-state index contributed by atoms with van der Waals surface area (Å²) in [7, 11) is 0. The summed E-state index contributed by atoms with van der Waals surface area (Å²) in [5, 5.41) is 4.34. The molecule has 2 aromatic carbocycles. The third kappa shape index (κ3) is 4.46. The fraction of sp³-hybridized carbons (Fsp3) is 0.312. The maximum atomic E-state index is 5.97. The predicted molar refractivity (Wildman–Crippen MR) is 158 cm³/mol. The van der Waals surface area contributed by atoms with E-state index < -0.39 is 0 Å². The van der Waals surface area contributed by atoms with Crippen LogP contribution in [0.2, 0.25) is 0 Å². The Labute approximate surface area is 226 Å². The van der Waals surface area contributed by atoms with E-state index in [9.17, 15) is 0 Å². The van der Waals surface area contributed by atoms with E-state index >= 15 is 0 Å². The average molecular weight is 509 g/mol. The maximum absolute atomic E-state index is 5.97. The molecular formula is C32H36N4S. The Morgan fingerprint density at radius 1 is 0.892 bits per heavy atom. The van der Waals surface area contributed by atoms with Crippen LogP contribution in [-0.2, 0) is 0 Å². The van der Waals surface area contributed by atoms with Gasteiger partial charge in [-0.25, -0.2) is 0 Å². The van der Waals surface area contributed by atoms with Crippen LogP contribution >= 0.6 is 12.2 Å². The molecule has 0 bridgehead atoms. The van der Waals surface area contributed by atoms with E-state index in [1.165, 1.54) is 44.9 Å². The van der Waals surface area contributed by atoms with E-state index in [1.54, 1.807) is 0 Å². The summed E-state index contributed by atoms with van der Waals surface area (Å²) in [5.74, 6) is 0.481. The van der Waals surface area contributed by atoms with Gasteiger partial charge in [0.25, 0.3) is 0 Å². The first-order valence-electron chi connectivity index (χ1n) is 13.0. The standard InChI is InChI=1S/C32H36N4S/c1-19(2)25-11-13-26(14-12-25)36-31(29(34-32(36)37)28-10-8-9-15-33-28)27-18-23(6)35(24(27)7)30-21(4)16-20(3)17-22(30)5/h8-19,29,31H,1-7H3,(H,34,37)/t29-,31-/m1/s1. The molecule has 0 saturated carbocycles. The topological polar surface area (TPSA) is 33.1 Å². The van der Waals surface area contributed by atoms with Crippen molar-refractivity contribution in [3.05, 3.63) is 112 Å². The Bertz CT molecular complexity index is 1430. The van der Waals surface area contributed by atoms with Gasteiger partial charge in [0.05, 0.1) is 23.5 Å². The molecule has 2 atom stereocenters. The molecule has 5 heteroatoms. The van der Waals surface area contributed by atoms with Crippen LogP contribution in [0.5, 0.6) is 0 Å². The molecule has 1 N–H and O–H groups in total. The Hall–Kier alpha value is -3.44. The number of hydrogen-bond donors (Lipinski definition) is 1. The number of thiocarbonyl (C=S) groups is 1. The summed E-state index contributed by atoms with van der Waals surface area (Å²) in [5.41, 5.74) is 12.2. The van der Waals surface area contributed by atoms with Crippen molar-refractivity contribution in [2.75, 3.05) is 4.90 Å². The van der Waals surface area contributed by atoms with Crippen LogP contribution in [0.1, 0.15) is 76.7 Å². The molecule has 0 unspecified atom stereocenters. The summed E-state index contributed by atoms with van der Waals surface area (Å²) in [6, 6.07) is 21.7. The van der Waals surface area contributed by atoms with Gasteiger partial charge in [0.1, 0.15) is 0 Å². The van der Waals surface area contributed by atoms with Crippen molar-refractivity contribution in [3.8, 4) is 5.69 Å². The molecule has 1 saturated heterocycles. The number of benzene rings is 2. The van der Waals surface area contributed by atoms with Crippen LogP contribution in [0, 0.1) is 34.6 Å². The van der Waals surface area contributed by atoms with Crippen molar-refractivity contribution >= 4 is 23.0 Å². The quantitative estimate of drug-likeness (QED) is 0.280. The van der Waals surface area contributed by atoms with Gasteiger partial charge in [0.15, 0.2) is 5.11 Å². The molecule has 4 aromatic rings. The molecular weight excluding hydrogens is 472 g/mol. The average Bonchev–Trinajstić information content (AvgIpc) is 3.35. The number of nitrogens with one attached hydrogen (secondary N) is 1. The summed E-state index contributed by atoms with van der Waals surface area (Å²) >= 11 is 5.97. The van der Waals surface area contributed by atoms with Crippen molar-refractivity contribution in [2.45, 2.75) is 66.5 Å². The molecule has 0 radical (unpaired) electrons. The van der Waals surface area contributed by atoms with Crippen LogP contribution < -0.4 is 10.2 Å². The monoisotopic (exact) mass is 508 g/mol. The fourth-order valence-electron chi connectivity index (χ4n) is 5.93. The molecule has 0 aliphatic carbocycles. The van der Waals surface area contributed by atoms with Crippen molar-refractivity contribution in [1.29, 1.82) is 0 Å². The van der Waals surface area contributed by atoms with Crippen LogP contribution in [-0.4, -0.2) is 14.7 Å². The van der Waals surface area contributed by atoms with Crippen LogP contribution in [0.25, 0.3) is 5.69 Å². The second kappa shape index (κ2) is 9.79. The van der Waals surface area contributed by atoms with E-state index in [-0.39, 0.29) is 12.1 Å². The molecule has 0 amide bonds. The molecule has 3 heterocycles. The van der Waals surface area contributed by atoms with E-state index in [2.05, 4.69) is 112 Å². The van der Waals surface area contributed by atoms with Gasteiger partial charge in [-0.1, -0.05) is 49.7 Å². The summed E-state index contributed by atoms with van der Waals surface area (Å²) in [6.07, 6.45) is 1.86. The van der Waals surface area contributed by atoms with Gasteiger partial charge in [0, 0.05) is 23.3 Å². The first-order chi connectivity index (χ1) is 17.7. The lowest BCUT2D eigenvalue weighted by atomic mass is 9.96. The minimum absolute atomic E-state index is 0.0293. The second-order valence-corrected chi connectivity index (χ2v) is 11.0. The fourth-order valence-corrected chi connectivity index (χ4v) is 6.27. The lowest BCUT2D eigenvalue weighted by Crippen LogP contribution is -2.29. The minimum atomic E-state index is -0.0624. The van der Waals surface area contributed by atoms with E-state index in [0.29, 0.717) is 5.92 Å². The second-order valence-electron chi connectivity index (χ2n) is 10.7. The highest BCUT2D eigenvalue weighted by Gasteiger charge is 2.42. The van der Waals surface area contributed by atoms with Crippen LogP contribution in [0.4, 0.5) is 5.69 Å². The number of nitrogens with zero attached hydrogens (tertiary/aromatic N) is 3. The van der Waals surface area contributed by atoms with Crippen LogP contribution in [0.3, 0.4) is 0 Å². The van der Waals surface area contributed by atoms with Crippen molar-refractivity contribution < 1.29 is 0 Å². The van der Waals surface area contributed by atoms with Gasteiger partial charge in [0.2, 0.25) is 0 Å². The highest BCUT2D eigenvalue weighted by atomic mass is 32.1. The molecule has 4 nitrogen and oxygen atoms in total. The summed E-state index contributed by atoms with van der Waals surface area (Å²) in [6.45, 7) is 15.5. The highest BCUT2D eigenvalue weighted by molar-refractivity contribution is 7.80. The lowest BCUT2D eigenvalue weighted by Gasteiger charge is -2.28. The SMILES string of the molecule is Cc1cc(C)c(-n2c(C)cc([C@@H]3[C@@H](c4ccccn4)NC(=S)N3c3ccc(C(C)C)cc3)c2C)c(C)c1. The van der Waals surface area contributed by atoms with Gasteiger partial charge in [-0.2, -0.15) is 0 Å². The number of aryl methyl sites for hydroxylation is 4. The highest BCUT2D eigenvalue weighted by Crippen LogP contribution is 2.44.